The average Bonchev–Trinajstić information content (AvgIpc) is 2.22. The molecule has 0 fully saturated rings. The summed E-state index contributed by atoms with van der Waals surface area (Å²) in [4.78, 5) is 10.9. The molecule has 0 aliphatic rings. The molecule has 14 heavy (non-hydrogen) atoms. The Labute approximate surface area is 92.0 Å². The van der Waals surface area contributed by atoms with Crippen molar-refractivity contribution in [2.75, 3.05) is 0 Å². The molecule has 0 aliphatic carbocycles. The fourth-order valence-corrected chi connectivity index (χ4v) is 1.88. The fourth-order valence-electron chi connectivity index (χ4n) is 1.12. The van der Waals surface area contributed by atoms with Crippen LogP contribution in [0.1, 0.15) is 59.3 Å². The number of rotatable bonds is 8. The van der Waals surface area contributed by atoms with Crippen molar-refractivity contribution in [3.8, 4) is 0 Å². The summed E-state index contributed by atoms with van der Waals surface area (Å²) in [6, 6.07) is 0. The van der Waals surface area contributed by atoms with E-state index in [9.17, 15) is 4.79 Å². The summed E-state index contributed by atoms with van der Waals surface area (Å²) >= 11 is 1.36. The molecule has 0 aromatic carbocycles. The molecule has 0 rings (SSSR count). The highest BCUT2D eigenvalue weighted by Crippen LogP contribution is 2.22. The molecule has 3 heteroatoms. The Morgan fingerprint density at radius 2 is 2.00 bits per heavy atom. The van der Waals surface area contributed by atoms with E-state index in [4.69, 9.17) is 4.18 Å². The Kier molecular flexibility index (Phi) is 9.26. The molecule has 0 radical (unpaired) electrons. The molecule has 0 aromatic rings. The van der Waals surface area contributed by atoms with Gasteiger partial charge >= 0.3 is 5.97 Å². The molecule has 0 spiro atoms. The first-order valence-corrected chi connectivity index (χ1v) is 6.41. The topological polar surface area (TPSA) is 26.3 Å². The van der Waals surface area contributed by atoms with E-state index in [1.165, 1.54) is 31.3 Å². The normalized spacial score (nSPS) is 12.5. The Hall–Kier alpha value is -0.180. The van der Waals surface area contributed by atoms with Crippen LogP contribution in [0.5, 0.6) is 0 Å². The van der Waals surface area contributed by atoms with Crippen LogP contribution in [0.4, 0.5) is 0 Å². The van der Waals surface area contributed by atoms with E-state index in [-0.39, 0.29) is 5.97 Å². The van der Waals surface area contributed by atoms with E-state index in [1.54, 1.807) is 0 Å². The standard InChI is InChI=1S/C11H22O2S/c1-4-7-8-9-10(5-2)14-13-11(12)6-3/h10H,4-9H2,1-3H3. The lowest BCUT2D eigenvalue weighted by Gasteiger charge is -2.12. The van der Waals surface area contributed by atoms with Crippen molar-refractivity contribution in [2.24, 2.45) is 0 Å². The minimum atomic E-state index is -0.107. The van der Waals surface area contributed by atoms with Crippen molar-refractivity contribution in [3.63, 3.8) is 0 Å². The summed E-state index contributed by atoms with van der Waals surface area (Å²) in [6.07, 6.45) is 6.47. The number of hydrogen-bond donors (Lipinski definition) is 0. The molecule has 0 bridgehead atoms. The minimum absolute atomic E-state index is 0.107. The van der Waals surface area contributed by atoms with Gasteiger partial charge in [-0.25, -0.2) is 0 Å². The average molecular weight is 218 g/mol. The van der Waals surface area contributed by atoms with Crippen molar-refractivity contribution in [2.45, 2.75) is 64.5 Å². The molecule has 0 N–H and O–H groups in total. The largest absolute Gasteiger partial charge is 0.391 e. The minimum Gasteiger partial charge on any atom is -0.391 e. The van der Waals surface area contributed by atoms with E-state index in [0.717, 1.165) is 12.8 Å². The van der Waals surface area contributed by atoms with E-state index < -0.39 is 0 Å². The molecule has 84 valence electrons. The summed E-state index contributed by atoms with van der Waals surface area (Å²) in [5.74, 6) is -0.107. The second-order valence-electron chi connectivity index (χ2n) is 3.43. The highest BCUT2D eigenvalue weighted by molar-refractivity contribution is 7.95. The molecule has 2 nitrogen and oxygen atoms in total. The molecule has 1 atom stereocenters. The lowest BCUT2D eigenvalue weighted by atomic mass is 10.1. The molecular weight excluding hydrogens is 196 g/mol. The zero-order valence-electron chi connectivity index (χ0n) is 9.54. The molecule has 0 aromatic heterocycles. The first-order chi connectivity index (χ1) is 6.74. The molecular formula is C11H22O2S. The van der Waals surface area contributed by atoms with E-state index in [2.05, 4.69) is 13.8 Å². The maximum absolute atomic E-state index is 10.9. The van der Waals surface area contributed by atoms with Gasteiger partial charge in [0.2, 0.25) is 0 Å². The van der Waals surface area contributed by atoms with Gasteiger partial charge in [0.05, 0.1) is 12.0 Å². The summed E-state index contributed by atoms with van der Waals surface area (Å²) in [5.41, 5.74) is 0. The Bertz CT molecular complexity index is 148. The smallest absolute Gasteiger partial charge is 0.317 e. The highest BCUT2D eigenvalue weighted by atomic mass is 32.2. The van der Waals surface area contributed by atoms with Gasteiger partial charge in [-0.1, -0.05) is 40.0 Å². The lowest BCUT2D eigenvalue weighted by molar-refractivity contribution is -0.132. The number of carbonyl (C=O) groups excluding carboxylic acids is 1. The van der Waals surface area contributed by atoms with Crippen molar-refractivity contribution in [1.29, 1.82) is 0 Å². The van der Waals surface area contributed by atoms with Crippen LogP contribution in [0.25, 0.3) is 0 Å². The molecule has 0 saturated heterocycles. The zero-order chi connectivity index (χ0) is 10.8. The first kappa shape index (κ1) is 13.8. The van der Waals surface area contributed by atoms with Crippen molar-refractivity contribution < 1.29 is 8.98 Å². The summed E-state index contributed by atoms with van der Waals surface area (Å²) in [6.45, 7) is 6.16. The van der Waals surface area contributed by atoms with Gasteiger partial charge in [0.25, 0.3) is 0 Å². The van der Waals surface area contributed by atoms with Crippen LogP contribution < -0.4 is 0 Å². The van der Waals surface area contributed by atoms with Crippen LogP contribution in [-0.4, -0.2) is 11.2 Å². The molecule has 1 unspecified atom stereocenters. The van der Waals surface area contributed by atoms with Gasteiger partial charge in [-0.3, -0.25) is 4.79 Å². The van der Waals surface area contributed by atoms with Crippen molar-refractivity contribution >= 4 is 18.0 Å². The quantitative estimate of drug-likeness (QED) is 0.456. The third kappa shape index (κ3) is 7.25. The third-order valence-electron chi connectivity index (χ3n) is 2.15. The van der Waals surface area contributed by atoms with Crippen LogP contribution in [0.3, 0.4) is 0 Å². The van der Waals surface area contributed by atoms with Crippen molar-refractivity contribution in [3.05, 3.63) is 0 Å². The van der Waals surface area contributed by atoms with E-state index in [1.807, 2.05) is 6.92 Å². The highest BCUT2D eigenvalue weighted by Gasteiger charge is 2.10. The van der Waals surface area contributed by atoms with E-state index >= 15 is 0 Å². The Morgan fingerprint density at radius 1 is 1.29 bits per heavy atom. The second kappa shape index (κ2) is 9.38. The maximum atomic E-state index is 10.9. The first-order valence-electron chi connectivity index (χ1n) is 5.60. The number of hydrogen-bond acceptors (Lipinski definition) is 3. The van der Waals surface area contributed by atoms with Gasteiger partial charge in [0.15, 0.2) is 0 Å². The second-order valence-corrected chi connectivity index (χ2v) is 4.46. The maximum Gasteiger partial charge on any atom is 0.317 e. The number of carbonyl (C=O) groups is 1. The van der Waals surface area contributed by atoms with Gasteiger partial charge in [-0.05, 0) is 12.8 Å². The predicted molar refractivity (Wildman–Crippen MR) is 62.2 cm³/mol. The molecule has 0 saturated carbocycles. The van der Waals surface area contributed by atoms with Gasteiger partial charge in [0.1, 0.15) is 0 Å². The Morgan fingerprint density at radius 3 is 2.50 bits per heavy atom. The van der Waals surface area contributed by atoms with Gasteiger partial charge in [-0.2, -0.15) is 0 Å². The van der Waals surface area contributed by atoms with Crippen LogP contribution >= 0.6 is 12.0 Å². The molecule has 0 aliphatic heterocycles. The molecule has 0 heterocycles. The summed E-state index contributed by atoms with van der Waals surface area (Å²) in [5, 5.41) is 0.483. The summed E-state index contributed by atoms with van der Waals surface area (Å²) < 4.78 is 5.05. The van der Waals surface area contributed by atoms with Crippen LogP contribution in [0.15, 0.2) is 0 Å². The van der Waals surface area contributed by atoms with Crippen molar-refractivity contribution in [1.82, 2.24) is 0 Å². The zero-order valence-corrected chi connectivity index (χ0v) is 10.4. The summed E-state index contributed by atoms with van der Waals surface area (Å²) in [7, 11) is 0. The van der Waals surface area contributed by atoms with Gasteiger partial charge in [-0.15, -0.1) is 0 Å². The SMILES string of the molecule is CCCCCC(CC)SOC(=O)CC. The van der Waals surface area contributed by atoms with Gasteiger partial charge < -0.3 is 4.18 Å². The third-order valence-corrected chi connectivity index (χ3v) is 3.27. The monoisotopic (exact) mass is 218 g/mol. The fraction of sp³-hybridized carbons (Fsp3) is 0.909. The molecule has 0 amide bonds. The van der Waals surface area contributed by atoms with Crippen LogP contribution in [0.2, 0.25) is 0 Å². The van der Waals surface area contributed by atoms with Gasteiger partial charge in [0, 0.05) is 11.7 Å². The number of unbranched alkanes of at least 4 members (excludes halogenated alkanes) is 2. The Balaban J connectivity index is 3.52. The van der Waals surface area contributed by atoms with E-state index in [0.29, 0.717) is 11.7 Å². The van der Waals surface area contributed by atoms with Crippen LogP contribution in [0, 0.1) is 0 Å². The predicted octanol–water partition coefficient (Wildman–Crippen LogP) is 3.95. The lowest BCUT2D eigenvalue weighted by Crippen LogP contribution is -2.05. The van der Waals surface area contributed by atoms with Crippen LogP contribution in [-0.2, 0) is 8.98 Å².